The van der Waals surface area contributed by atoms with E-state index in [4.69, 9.17) is 11.6 Å². The van der Waals surface area contributed by atoms with Crippen LogP contribution in [-0.4, -0.2) is 4.98 Å². The van der Waals surface area contributed by atoms with Crippen LogP contribution in [0.1, 0.15) is 5.56 Å². The quantitative estimate of drug-likeness (QED) is 0.697. The molecule has 1 aromatic heterocycles. The summed E-state index contributed by atoms with van der Waals surface area (Å²) < 4.78 is 0. The van der Waals surface area contributed by atoms with Crippen LogP contribution in [0, 0.1) is 6.92 Å². The summed E-state index contributed by atoms with van der Waals surface area (Å²) in [4.78, 5) is 4.21. The summed E-state index contributed by atoms with van der Waals surface area (Å²) in [5.41, 5.74) is 4.94. The molecule has 13 heavy (non-hydrogen) atoms. The van der Waals surface area contributed by atoms with Crippen molar-refractivity contribution < 1.29 is 0 Å². The molecule has 0 unspecified atom stereocenters. The van der Waals surface area contributed by atoms with Crippen LogP contribution < -0.4 is 0 Å². The van der Waals surface area contributed by atoms with Gasteiger partial charge >= 0.3 is 0 Å². The minimum atomic E-state index is 0.769. The predicted molar refractivity (Wildman–Crippen MR) is 57.3 cm³/mol. The van der Waals surface area contributed by atoms with E-state index in [1.54, 1.807) is 11.3 Å². The van der Waals surface area contributed by atoms with Gasteiger partial charge in [0.1, 0.15) is 0 Å². The van der Waals surface area contributed by atoms with E-state index in [1.165, 1.54) is 5.56 Å². The van der Waals surface area contributed by atoms with Crippen LogP contribution in [0.25, 0.3) is 11.3 Å². The minimum absolute atomic E-state index is 0.769. The highest BCUT2D eigenvalue weighted by atomic mass is 35.5. The van der Waals surface area contributed by atoms with Crippen LogP contribution in [0.5, 0.6) is 0 Å². The average Bonchev–Trinajstić information content (AvgIpc) is 2.56. The maximum absolute atomic E-state index is 6.09. The fourth-order valence-electron chi connectivity index (χ4n) is 1.17. The van der Waals surface area contributed by atoms with Gasteiger partial charge in [0.05, 0.1) is 16.2 Å². The highest BCUT2D eigenvalue weighted by Crippen LogP contribution is 2.27. The number of rotatable bonds is 1. The molecule has 2 aromatic rings. The largest absolute Gasteiger partial charge is 0.245 e. The Kier molecular flexibility index (Phi) is 2.34. The molecule has 1 heterocycles. The third-order valence-electron chi connectivity index (χ3n) is 1.83. The normalized spacial score (nSPS) is 10.3. The molecule has 0 saturated heterocycles. The molecule has 0 saturated carbocycles. The summed E-state index contributed by atoms with van der Waals surface area (Å²) >= 11 is 7.66. The molecule has 0 N–H and O–H groups in total. The van der Waals surface area contributed by atoms with Gasteiger partial charge in [-0.3, -0.25) is 0 Å². The zero-order chi connectivity index (χ0) is 9.26. The van der Waals surface area contributed by atoms with Crippen LogP contribution in [0.2, 0.25) is 5.02 Å². The van der Waals surface area contributed by atoms with Crippen LogP contribution in [-0.2, 0) is 0 Å². The average molecular weight is 210 g/mol. The number of aryl methyl sites for hydroxylation is 1. The highest BCUT2D eigenvalue weighted by Gasteiger charge is 2.04. The molecular weight excluding hydrogens is 202 g/mol. The molecule has 2 rings (SSSR count). The molecule has 0 radical (unpaired) electrons. The van der Waals surface area contributed by atoms with E-state index < -0.39 is 0 Å². The third-order valence-corrected chi connectivity index (χ3v) is 2.73. The zero-order valence-corrected chi connectivity index (χ0v) is 8.69. The van der Waals surface area contributed by atoms with Crippen molar-refractivity contribution in [2.45, 2.75) is 6.92 Å². The summed E-state index contributed by atoms with van der Waals surface area (Å²) in [5.74, 6) is 0. The van der Waals surface area contributed by atoms with E-state index in [-0.39, 0.29) is 0 Å². The molecule has 0 aliphatic heterocycles. The van der Waals surface area contributed by atoms with Gasteiger partial charge in [0.15, 0.2) is 0 Å². The topological polar surface area (TPSA) is 12.9 Å². The van der Waals surface area contributed by atoms with Crippen LogP contribution in [0.4, 0.5) is 0 Å². The van der Waals surface area contributed by atoms with Gasteiger partial charge in [-0.25, -0.2) is 4.98 Å². The van der Waals surface area contributed by atoms with E-state index in [0.29, 0.717) is 0 Å². The van der Waals surface area contributed by atoms with Crippen molar-refractivity contribution in [3.63, 3.8) is 0 Å². The molecule has 0 aliphatic rings. The molecule has 66 valence electrons. The SMILES string of the molecule is Cc1ccc(-c2cscn2)c(Cl)c1. The second kappa shape index (κ2) is 3.48. The Morgan fingerprint density at radius 1 is 1.38 bits per heavy atom. The fourth-order valence-corrected chi connectivity index (χ4v) is 2.06. The standard InChI is InChI=1S/C10H8ClNS/c1-7-2-3-8(9(11)4-7)10-5-13-6-12-10/h2-6H,1H3. The van der Waals surface area contributed by atoms with Crippen molar-refractivity contribution in [2.24, 2.45) is 0 Å². The Bertz CT molecular complexity index is 409. The predicted octanol–water partition coefficient (Wildman–Crippen LogP) is 3.77. The van der Waals surface area contributed by atoms with Gasteiger partial charge in [-0.15, -0.1) is 11.3 Å². The molecule has 0 atom stereocenters. The van der Waals surface area contributed by atoms with Gasteiger partial charge < -0.3 is 0 Å². The van der Waals surface area contributed by atoms with Crippen molar-refractivity contribution in [3.05, 3.63) is 39.7 Å². The number of hydrogen-bond acceptors (Lipinski definition) is 2. The van der Waals surface area contributed by atoms with Crippen molar-refractivity contribution in [1.82, 2.24) is 4.98 Å². The summed E-state index contributed by atoms with van der Waals surface area (Å²) in [6.07, 6.45) is 0. The number of hydrogen-bond donors (Lipinski definition) is 0. The summed E-state index contributed by atoms with van der Waals surface area (Å²) in [6, 6.07) is 6.00. The van der Waals surface area contributed by atoms with Gasteiger partial charge in [0, 0.05) is 10.9 Å². The summed E-state index contributed by atoms with van der Waals surface area (Å²) in [7, 11) is 0. The van der Waals surface area contributed by atoms with Gasteiger partial charge in [-0.1, -0.05) is 23.7 Å². The first kappa shape index (κ1) is 8.73. The van der Waals surface area contributed by atoms with Crippen LogP contribution >= 0.6 is 22.9 Å². The van der Waals surface area contributed by atoms with Gasteiger partial charge in [-0.05, 0) is 18.6 Å². The van der Waals surface area contributed by atoms with Crippen LogP contribution in [0.15, 0.2) is 29.1 Å². The summed E-state index contributed by atoms with van der Waals surface area (Å²) in [5, 5.41) is 2.77. The van der Waals surface area contributed by atoms with E-state index in [0.717, 1.165) is 16.3 Å². The Morgan fingerprint density at radius 2 is 2.23 bits per heavy atom. The smallest absolute Gasteiger partial charge is 0.0826 e. The zero-order valence-electron chi connectivity index (χ0n) is 7.12. The maximum atomic E-state index is 6.09. The van der Waals surface area contributed by atoms with E-state index in [1.807, 2.05) is 36.0 Å². The lowest BCUT2D eigenvalue weighted by Crippen LogP contribution is -1.80. The van der Waals surface area contributed by atoms with Gasteiger partial charge in [0.2, 0.25) is 0 Å². The van der Waals surface area contributed by atoms with E-state index in [2.05, 4.69) is 4.98 Å². The number of aromatic nitrogens is 1. The molecule has 0 aliphatic carbocycles. The van der Waals surface area contributed by atoms with Crippen molar-refractivity contribution in [3.8, 4) is 11.3 Å². The second-order valence-corrected chi connectivity index (χ2v) is 3.98. The number of halogens is 1. The molecule has 0 spiro atoms. The first-order valence-corrected chi connectivity index (χ1v) is 5.24. The number of benzene rings is 1. The maximum Gasteiger partial charge on any atom is 0.0826 e. The molecule has 0 fully saturated rings. The Morgan fingerprint density at radius 3 is 2.85 bits per heavy atom. The molecule has 0 amide bonds. The lowest BCUT2D eigenvalue weighted by Gasteiger charge is -2.00. The Labute approximate surface area is 86.0 Å². The molecular formula is C10H8ClNS. The highest BCUT2D eigenvalue weighted by molar-refractivity contribution is 7.07. The monoisotopic (exact) mass is 209 g/mol. The van der Waals surface area contributed by atoms with Crippen molar-refractivity contribution in [1.29, 1.82) is 0 Å². The first-order valence-electron chi connectivity index (χ1n) is 3.92. The van der Waals surface area contributed by atoms with Crippen molar-refractivity contribution in [2.75, 3.05) is 0 Å². The number of nitrogens with zero attached hydrogens (tertiary/aromatic N) is 1. The Balaban J connectivity index is 2.53. The van der Waals surface area contributed by atoms with E-state index in [9.17, 15) is 0 Å². The number of thiazole rings is 1. The molecule has 0 bridgehead atoms. The van der Waals surface area contributed by atoms with Crippen molar-refractivity contribution >= 4 is 22.9 Å². The first-order chi connectivity index (χ1) is 6.27. The molecule has 3 heteroatoms. The second-order valence-electron chi connectivity index (χ2n) is 2.86. The van der Waals surface area contributed by atoms with Gasteiger partial charge in [0.25, 0.3) is 0 Å². The summed E-state index contributed by atoms with van der Waals surface area (Å²) in [6.45, 7) is 2.02. The fraction of sp³-hybridized carbons (Fsp3) is 0.100. The Hall–Kier alpha value is -0.860. The lowest BCUT2D eigenvalue weighted by molar-refractivity contribution is 1.39. The lowest BCUT2D eigenvalue weighted by atomic mass is 10.1. The molecule has 1 nitrogen and oxygen atoms in total. The van der Waals surface area contributed by atoms with Crippen LogP contribution in [0.3, 0.4) is 0 Å². The van der Waals surface area contributed by atoms with E-state index >= 15 is 0 Å². The third kappa shape index (κ3) is 1.74. The minimum Gasteiger partial charge on any atom is -0.245 e. The van der Waals surface area contributed by atoms with Gasteiger partial charge in [-0.2, -0.15) is 0 Å². The molecule has 1 aromatic carbocycles.